The molecule has 1 aliphatic heterocycles. The van der Waals surface area contributed by atoms with Gasteiger partial charge in [-0.2, -0.15) is 0 Å². The van der Waals surface area contributed by atoms with Crippen molar-refractivity contribution >= 4 is 16.7 Å². The van der Waals surface area contributed by atoms with Gasteiger partial charge in [-0.1, -0.05) is 0 Å². The molecule has 1 atom stereocenters. The third-order valence-electron chi connectivity index (χ3n) is 3.08. The normalized spacial score (nSPS) is 27.5. The summed E-state index contributed by atoms with van der Waals surface area (Å²) in [7, 11) is -0.796. The zero-order valence-electron chi connectivity index (χ0n) is 8.41. The number of hydrogen-bond acceptors (Lipinski definition) is 3. The lowest BCUT2D eigenvalue weighted by molar-refractivity contribution is -0.132. The predicted molar refractivity (Wildman–Crippen MR) is 55.5 cm³/mol. The Morgan fingerprint density at radius 2 is 2.29 bits per heavy atom. The van der Waals surface area contributed by atoms with Crippen LogP contribution in [0.4, 0.5) is 0 Å². The van der Waals surface area contributed by atoms with E-state index in [0.717, 1.165) is 25.9 Å². The molecule has 1 saturated carbocycles. The lowest BCUT2D eigenvalue weighted by atomic mass is 10.3. The molecule has 2 fully saturated rings. The Balaban J connectivity index is 1.96. The molecule has 14 heavy (non-hydrogen) atoms. The van der Waals surface area contributed by atoms with E-state index in [0.29, 0.717) is 13.1 Å². The maximum Gasteiger partial charge on any atom is 0.236 e. The Morgan fingerprint density at radius 3 is 2.79 bits per heavy atom. The molecule has 0 bridgehead atoms. The molecule has 0 aromatic heterocycles. The fourth-order valence-electron chi connectivity index (χ4n) is 1.84. The van der Waals surface area contributed by atoms with Crippen LogP contribution in [-0.4, -0.2) is 52.2 Å². The molecule has 1 saturated heterocycles. The summed E-state index contributed by atoms with van der Waals surface area (Å²) < 4.78 is 11.4. The zero-order valence-corrected chi connectivity index (χ0v) is 9.23. The minimum atomic E-state index is -0.796. The maximum absolute atomic E-state index is 11.5. The lowest BCUT2D eigenvalue weighted by Crippen LogP contribution is -2.51. The highest BCUT2D eigenvalue weighted by Crippen LogP contribution is 2.41. The van der Waals surface area contributed by atoms with Gasteiger partial charge in [0, 0.05) is 36.7 Å². The van der Waals surface area contributed by atoms with E-state index < -0.39 is 10.8 Å². The van der Waals surface area contributed by atoms with Crippen LogP contribution in [0.25, 0.3) is 0 Å². The molecule has 0 aromatic rings. The summed E-state index contributed by atoms with van der Waals surface area (Å²) in [6.07, 6.45) is 3.76. The van der Waals surface area contributed by atoms with Gasteiger partial charge in [0.1, 0.15) is 0 Å². The zero-order chi connectivity index (χ0) is 10.2. The van der Waals surface area contributed by atoms with Crippen LogP contribution in [-0.2, 0) is 15.6 Å². The fourth-order valence-corrected chi connectivity index (χ4v) is 2.85. The van der Waals surface area contributed by atoms with E-state index in [1.807, 2.05) is 4.90 Å². The van der Waals surface area contributed by atoms with Crippen molar-refractivity contribution in [2.75, 3.05) is 32.4 Å². The molecular weight excluding hydrogens is 200 g/mol. The number of rotatable bonds is 3. The second-order valence-electron chi connectivity index (χ2n) is 4.13. The molecule has 80 valence electrons. The van der Waals surface area contributed by atoms with E-state index in [1.165, 1.54) is 0 Å². The summed E-state index contributed by atoms with van der Waals surface area (Å²) in [6, 6.07) is 0. The van der Waals surface area contributed by atoms with Gasteiger partial charge in [0.25, 0.3) is 0 Å². The highest BCUT2D eigenvalue weighted by atomic mass is 32.2. The van der Waals surface area contributed by atoms with Gasteiger partial charge in [0.15, 0.2) is 0 Å². The number of carbonyl (C=O) groups is 1. The third kappa shape index (κ3) is 1.83. The molecule has 0 spiro atoms. The lowest BCUT2D eigenvalue weighted by Gasteiger charge is -2.30. The van der Waals surface area contributed by atoms with E-state index in [-0.39, 0.29) is 10.7 Å². The Morgan fingerprint density at radius 1 is 1.57 bits per heavy atom. The minimum Gasteiger partial charge on any atom is -0.339 e. The molecule has 2 aliphatic rings. The highest BCUT2D eigenvalue weighted by molar-refractivity contribution is 7.86. The Bertz CT molecular complexity index is 276. The van der Waals surface area contributed by atoms with Crippen LogP contribution in [0.1, 0.15) is 12.8 Å². The van der Waals surface area contributed by atoms with Crippen molar-refractivity contribution in [3.8, 4) is 0 Å². The number of amides is 1. The van der Waals surface area contributed by atoms with E-state index in [2.05, 4.69) is 5.32 Å². The van der Waals surface area contributed by atoms with Crippen molar-refractivity contribution in [1.29, 1.82) is 0 Å². The van der Waals surface area contributed by atoms with Crippen LogP contribution < -0.4 is 5.32 Å². The summed E-state index contributed by atoms with van der Waals surface area (Å²) in [5.74, 6) is 0.146. The Labute approximate surface area is 86.5 Å². The fraction of sp³-hybridized carbons (Fsp3) is 0.889. The predicted octanol–water partition coefficient (Wildman–Crippen LogP) is -0.671. The van der Waals surface area contributed by atoms with Crippen LogP contribution in [0.2, 0.25) is 0 Å². The summed E-state index contributed by atoms with van der Waals surface area (Å²) in [4.78, 5) is 13.3. The van der Waals surface area contributed by atoms with Crippen LogP contribution in [0, 0.1) is 0 Å². The highest BCUT2D eigenvalue weighted by Gasteiger charge is 2.48. The van der Waals surface area contributed by atoms with Crippen LogP contribution in [0.15, 0.2) is 0 Å². The van der Waals surface area contributed by atoms with Gasteiger partial charge in [0.2, 0.25) is 5.91 Å². The van der Waals surface area contributed by atoms with Gasteiger partial charge in [0.05, 0.1) is 11.3 Å². The maximum atomic E-state index is 11.5. The van der Waals surface area contributed by atoms with Gasteiger partial charge in [-0.3, -0.25) is 9.00 Å². The summed E-state index contributed by atoms with van der Waals surface area (Å²) in [5, 5.41) is 3.03. The molecule has 0 radical (unpaired) electrons. The average Bonchev–Trinajstić information content (AvgIpc) is 2.90. The first-order chi connectivity index (χ1) is 6.64. The summed E-state index contributed by atoms with van der Waals surface area (Å²) in [6.45, 7) is 2.75. The number of nitrogens with one attached hydrogen (secondary N) is 1. The largest absolute Gasteiger partial charge is 0.339 e. The monoisotopic (exact) mass is 216 g/mol. The second kappa shape index (κ2) is 3.62. The van der Waals surface area contributed by atoms with Crippen molar-refractivity contribution in [2.24, 2.45) is 0 Å². The number of nitrogens with zero attached hydrogens (tertiary/aromatic N) is 1. The van der Waals surface area contributed by atoms with Crippen LogP contribution >= 0.6 is 0 Å². The van der Waals surface area contributed by atoms with Crippen molar-refractivity contribution in [3.05, 3.63) is 0 Å². The van der Waals surface area contributed by atoms with Gasteiger partial charge < -0.3 is 10.2 Å². The van der Waals surface area contributed by atoms with E-state index in [1.54, 1.807) is 6.26 Å². The first kappa shape index (κ1) is 10.1. The van der Waals surface area contributed by atoms with Crippen molar-refractivity contribution in [3.63, 3.8) is 0 Å². The summed E-state index contributed by atoms with van der Waals surface area (Å²) in [5.41, 5.74) is 0. The Hall–Kier alpha value is -0.420. The SMILES string of the molecule is CS(=O)C1(CN2CCNCC2=O)CC1. The van der Waals surface area contributed by atoms with E-state index in [9.17, 15) is 9.00 Å². The molecule has 4 nitrogen and oxygen atoms in total. The smallest absolute Gasteiger partial charge is 0.236 e. The summed E-state index contributed by atoms with van der Waals surface area (Å²) >= 11 is 0. The van der Waals surface area contributed by atoms with Gasteiger partial charge in [-0.05, 0) is 12.8 Å². The molecule has 0 aromatic carbocycles. The molecule has 1 unspecified atom stereocenters. The Kier molecular flexibility index (Phi) is 2.62. The standard InChI is InChI=1S/C9H16N2O2S/c1-14(13)9(2-3-9)7-11-5-4-10-6-8(11)12/h10H,2-7H2,1H3. The van der Waals surface area contributed by atoms with Crippen molar-refractivity contribution in [2.45, 2.75) is 17.6 Å². The minimum absolute atomic E-state index is 0.0625. The third-order valence-corrected chi connectivity index (χ3v) is 4.84. The topological polar surface area (TPSA) is 49.4 Å². The van der Waals surface area contributed by atoms with Crippen LogP contribution in [0.5, 0.6) is 0 Å². The van der Waals surface area contributed by atoms with Gasteiger partial charge in [-0.25, -0.2) is 0 Å². The first-order valence-electron chi connectivity index (χ1n) is 4.96. The first-order valence-corrected chi connectivity index (χ1v) is 6.52. The van der Waals surface area contributed by atoms with Gasteiger partial charge >= 0.3 is 0 Å². The molecule has 1 N–H and O–H groups in total. The van der Waals surface area contributed by atoms with Crippen molar-refractivity contribution in [1.82, 2.24) is 10.2 Å². The molecule has 2 rings (SSSR count). The quantitative estimate of drug-likeness (QED) is 0.680. The van der Waals surface area contributed by atoms with Crippen molar-refractivity contribution < 1.29 is 9.00 Å². The number of piperazine rings is 1. The molecule has 5 heteroatoms. The number of hydrogen-bond donors (Lipinski definition) is 1. The molecular formula is C9H16N2O2S. The van der Waals surface area contributed by atoms with Crippen LogP contribution in [0.3, 0.4) is 0 Å². The average molecular weight is 216 g/mol. The molecule has 1 aliphatic carbocycles. The van der Waals surface area contributed by atoms with E-state index >= 15 is 0 Å². The molecule has 1 heterocycles. The van der Waals surface area contributed by atoms with E-state index in [4.69, 9.17) is 0 Å². The second-order valence-corrected chi connectivity index (χ2v) is 5.90. The number of carbonyl (C=O) groups excluding carboxylic acids is 1. The molecule has 1 amide bonds. The van der Waals surface area contributed by atoms with Gasteiger partial charge in [-0.15, -0.1) is 0 Å².